The minimum Gasteiger partial charge on any atom is -0.492 e. The molecule has 18 heavy (non-hydrogen) atoms. The lowest BCUT2D eigenvalue weighted by molar-refractivity contribution is -0.139. The van der Waals surface area contributed by atoms with Crippen molar-refractivity contribution in [2.75, 3.05) is 6.61 Å². The van der Waals surface area contributed by atoms with Gasteiger partial charge in [-0.1, -0.05) is 0 Å². The topological polar surface area (TPSA) is 43.4 Å². The zero-order chi connectivity index (χ0) is 14.0. The second kappa shape index (κ2) is 5.31. The van der Waals surface area contributed by atoms with E-state index in [4.69, 9.17) is 10.7 Å². The number of alkyl halides is 3. The average Bonchev–Trinajstić information content (AvgIpc) is 2.17. The molecule has 0 saturated carbocycles. The highest BCUT2D eigenvalue weighted by molar-refractivity contribution is 8.13. The average molecular weight is 307 g/mol. The Bertz CT molecular complexity index is 527. The molecule has 0 fully saturated rings. The van der Waals surface area contributed by atoms with E-state index >= 15 is 0 Å². The van der Waals surface area contributed by atoms with Crippen LogP contribution in [0.2, 0.25) is 0 Å². The van der Waals surface area contributed by atoms with Gasteiger partial charge >= 0.3 is 6.18 Å². The molecule has 0 N–H and O–H groups in total. The summed E-state index contributed by atoms with van der Waals surface area (Å²) in [4.78, 5) is -0.702. The van der Waals surface area contributed by atoms with E-state index in [1.54, 1.807) is 0 Å². The maximum atomic E-state index is 12.8. The standard InChI is InChI=1S/C9H7ClF4O3S/c10-18(15,16)8-5-6(11)1-2-7(8)17-4-3-9(12,13)14/h1-2,5H,3-4H2. The van der Waals surface area contributed by atoms with E-state index in [1.165, 1.54) is 0 Å². The predicted octanol–water partition coefficient (Wildman–Crippen LogP) is 3.08. The van der Waals surface area contributed by atoms with Crippen LogP contribution in [0, 0.1) is 5.82 Å². The molecule has 0 unspecified atom stereocenters. The van der Waals surface area contributed by atoms with Crippen LogP contribution in [0.15, 0.2) is 23.1 Å². The van der Waals surface area contributed by atoms with Gasteiger partial charge in [-0.15, -0.1) is 0 Å². The molecule has 0 spiro atoms. The van der Waals surface area contributed by atoms with Crippen molar-refractivity contribution in [3.05, 3.63) is 24.0 Å². The summed E-state index contributed by atoms with van der Waals surface area (Å²) in [5, 5.41) is 0. The van der Waals surface area contributed by atoms with Gasteiger partial charge in [0.05, 0.1) is 13.0 Å². The molecule has 0 aliphatic heterocycles. The Labute approximate surface area is 105 Å². The van der Waals surface area contributed by atoms with Crippen molar-refractivity contribution in [1.29, 1.82) is 0 Å². The molecule has 1 aromatic carbocycles. The molecule has 0 aliphatic rings. The SMILES string of the molecule is O=S(=O)(Cl)c1cc(F)ccc1OCCC(F)(F)F. The number of halogens is 5. The zero-order valence-corrected chi connectivity index (χ0v) is 10.2. The lowest BCUT2D eigenvalue weighted by Crippen LogP contribution is -2.13. The minimum atomic E-state index is -4.43. The first-order chi connectivity index (χ1) is 8.09. The van der Waals surface area contributed by atoms with Crippen molar-refractivity contribution in [2.24, 2.45) is 0 Å². The monoisotopic (exact) mass is 306 g/mol. The fraction of sp³-hybridized carbons (Fsp3) is 0.333. The van der Waals surface area contributed by atoms with Gasteiger partial charge in [-0.3, -0.25) is 0 Å². The molecule has 102 valence electrons. The molecule has 1 aromatic rings. The summed E-state index contributed by atoms with van der Waals surface area (Å²) in [5.41, 5.74) is 0. The highest BCUT2D eigenvalue weighted by Gasteiger charge is 2.27. The number of hydrogen-bond donors (Lipinski definition) is 0. The van der Waals surface area contributed by atoms with E-state index in [0.29, 0.717) is 6.07 Å². The molecule has 0 radical (unpaired) electrons. The summed E-state index contributed by atoms with van der Waals surface area (Å²) < 4.78 is 75.2. The fourth-order valence-electron chi connectivity index (χ4n) is 1.07. The first-order valence-corrected chi connectivity index (χ1v) is 6.84. The third kappa shape index (κ3) is 4.69. The molecule has 0 bridgehead atoms. The number of hydrogen-bond acceptors (Lipinski definition) is 3. The summed E-state index contributed by atoms with van der Waals surface area (Å²) in [6.45, 7) is -0.783. The fourth-order valence-corrected chi connectivity index (χ4v) is 2.05. The quantitative estimate of drug-likeness (QED) is 0.634. The summed E-state index contributed by atoms with van der Waals surface area (Å²) in [6.07, 6.45) is -5.69. The van der Waals surface area contributed by atoms with Crippen LogP contribution in [0.5, 0.6) is 5.75 Å². The number of benzene rings is 1. The Kier molecular flexibility index (Phi) is 4.44. The molecule has 0 atom stereocenters. The molecule has 3 nitrogen and oxygen atoms in total. The van der Waals surface area contributed by atoms with E-state index in [1.807, 2.05) is 0 Å². The van der Waals surface area contributed by atoms with Crippen LogP contribution < -0.4 is 4.74 Å². The van der Waals surface area contributed by atoms with Gasteiger partial charge in [-0.25, -0.2) is 12.8 Å². The van der Waals surface area contributed by atoms with Gasteiger partial charge in [0.15, 0.2) is 0 Å². The second-order valence-electron chi connectivity index (χ2n) is 3.24. The summed E-state index contributed by atoms with van der Waals surface area (Å²) in [6, 6.07) is 2.33. The summed E-state index contributed by atoms with van der Waals surface area (Å²) in [5.74, 6) is -1.31. The minimum absolute atomic E-state index is 0.421. The van der Waals surface area contributed by atoms with Gasteiger partial charge in [0.2, 0.25) is 0 Å². The maximum Gasteiger partial charge on any atom is 0.392 e. The van der Waals surface area contributed by atoms with Crippen LogP contribution in [0.1, 0.15) is 6.42 Å². The van der Waals surface area contributed by atoms with Crippen LogP contribution in [0.4, 0.5) is 17.6 Å². The Balaban J connectivity index is 2.90. The third-order valence-electron chi connectivity index (χ3n) is 1.81. The van der Waals surface area contributed by atoms with Gasteiger partial charge in [0.25, 0.3) is 9.05 Å². The zero-order valence-electron chi connectivity index (χ0n) is 8.67. The largest absolute Gasteiger partial charge is 0.492 e. The number of rotatable bonds is 4. The van der Waals surface area contributed by atoms with Crippen molar-refractivity contribution < 1.29 is 30.7 Å². The van der Waals surface area contributed by atoms with Crippen LogP contribution in [-0.2, 0) is 9.05 Å². The van der Waals surface area contributed by atoms with Crippen LogP contribution in [0.25, 0.3) is 0 Å². The van der Waals surface area contributed by atoms with Gasteiger partial charge in [-0.05, 0) is 18.2 Å². The van der Waals surface area contributed by atoms with Crippen molar-refractivity contribution >= 4 is 19.7 Å². The van der Waals surface area contributed by atoms with Crippen molar-refractivity contribution in [1.82, 2.24) is 0 Å². The highest BCUT2D eigenvalue weighted by Crippen LogP contribution is 2.28. The van der Waals surface area contributed by atoms with Crippen LogP contribution in [-0.4, -0.2) is 21.2 Å². The van der Waals surface area contributed by atoms with E-state index < -0.39 is 44.7 Å². The van der Waals surface area contributed by atoms with Crippen LogP contribution in [0.3, 0.4) is 0 Å². The van der Waals surface area contributed by atoms with E-state index in [2.05, 4.69) is 4.74 Å². The Hall–Kier alpha value is -1.02. The van der Waals surface area contributed by atoms with Crippen molar-refractivity contribution in [2.45, 2.75) is 17.5 Å². The maximum absolute atomic E-state index is 12.8. The molecular weight excluding hydrogens is 300 g/mol. The third-order valence-corrected chi connectivity index (χ3v) is 3.15. The lowest BCUT2D eigenvalue weighted by Gasteiger charge is -2.11. The molecule has 9 heteroatoms. The normalized spacial score (nSPS) is 12.5. The van der Waals surface area contributed by atoms with Gasteiger partial charge in [0, 0.05) is 10.7 Å². The van der Waals surface area contributed by atoms with E-state index in [0.717, 1.165) is 12.1 Å². The molecule has 0 heterocycles. The highest BCUT2D eigenvalue weighted by atomic mass is 35.7. The first kappa shape index (κ1) is 15.0. The van der Waals surface area contributed by atoms with Crippen molar-refractivity contribution in [3.8, 4) is 5.75 Å². The molecular formula is C9H7ClF4O3S. The van der Waals surface area contributed by atoms with E-state index in [-0.39, 0.29) is 0 Å². The van der Waals surface area contributed by atoms with E-state index in [9.17, 15) is 26.0 Å². The summed E-state index contributed by atoms with van der Waals surface area (Å²) >= 11 is 0. The number of ether oxygens (including phenoxy) is 1. The summed E-state index contributed by atoms with van der Waals surface area (Å²) in [7, 11) is 0.712. The van der Waals surface area contributed by atoms with Crippen LogP contribution >= 0.6 is 10.7 Å². The second-order valence-corrected chi connectivity index (χ2v) is 5.78. The molecule has 1 rings (SSSR count). The Morgan fingerprint density at radius 1 is 1.28 bits per heavy atom. The van der Waals surface area contributed by atoms with Gasteiger partial charge in [0.1, 0.15) is 16.5 Å². The van der Waals surface area contributed by atoms with Gasteiger partial charge < -0.3 is 4.74 Å². The molecule has 0 aliphatic carbocycles. The smallest absolute Gasteiger partial charge is 0.392 e. The van der Waals surface area contributed by atoms with Gasteiger partial charge in [-0.2, -0.15) is 13.2 Å². The van der Waals surface area contributed by atoms with Crippen molar-refractivity contribution in [3.63, 3.8) is 0 Å². The first-order valence-electron chi connectivity index (χ1n) is 4.53. The molecule has 0 amide bonds. The Morgan fingerprint density at radius 2 is 1.89 bits per heavy atom. The Morgan fingerprint density at radius 3 is 2.39 bits per heavy atom. The molecule has 0 saturated heterocycles. The predicted molar refractivity (Wildman–Crippen MR) is 55.6 cm³/mol. The lowest BCUT2D eigenvalue weighted by atomic mass is 10.3. The molecule has 0 aromatic heterocycles.